The van der Waals surface area contributed by atoms with Gasteiger partial charge in [0.1, 0.15) is 0 Å². The molecule has 3 unspecified atom stereocenters. The van der Waals surface area contributed by atoms with Crippen LogP contribution in [0.15, 0.2) is 54.9 Å². The van der Waals surface area contributed by atoms with E-state index in [2.05, 4.69) is 20.5 Å². The van der Waals surface area contributed by atoms with Crippen molar-refractivity contribution in [2.45, 2.75) is 18.5 Å². The zero-order valence-corrected chi connectivity index (χ0v) is 16.3. The van der Waals surface area contributed by atoms with Crippen molar-refractivity contribution in [1.29, 1.82) is 0 Å². The first kappa shape index (κ1) is 19.7. The number of nitrogens with zero attached hydrogens (tertiary/aromatic N) is 2. The Morgan fingerprint density at radius 3 is 2.55 bits per heavy atom. The second kappa shape index (κ2) is 8.41. The Hall–Kier alpha value is -2.61. The minimum atomic E-state index is -1.53. The van der Waals surface area contributed by atoms with E-state index in [1.807, 2.05) is 18.2 Å². The van der Waals surface area contributed by atoms with E-state index in [1.165, 1.54) is 0 Å². The zero-order valence-electron chi connectivity index (χ0n) is 16.3. The molecule has 3 atom stereocenters. The Morgan fingerprint density at radius 2 is 1.83 bits per heavy atom. The number of carbonyl (C=O) groups excluding carboxylic acids is 1. The summed E-state index contributed by atoms with van der Waals surface area (Å²) in [7, 11) is 0. The molecule has 0 aliphatic carbocycles. The van der Waals surface area contributed by atoms with Gasteiger partial charge in [0, 0.05) is 56.2 Å². The fourth-order valence-electron chi connectivity index (χ4n) is 4.72. The lowest BCUT2D eigenvalue weighted by Crippen LogP contribution is -2.66. The molecule has 152 valence electrons. The molecule has 29 heavy (non-hydrogen) atoms. The summed E-state index contributed by atoms with van der Waals surface area (Å²) >= 11 is 0. The van der Waals surface area contributed by atoms with Crippen LogP contribution in [0.4, 0.5) is 0 Å². The van der Waals surface area contributed by atoms with Gasteiger partial charge in [-0.2, -0.15) is 0 Å². The van der Waals surface area contributed by atoms with Crippen LogP contribution in [0.5, 0.6) is 0 Å². The number of ketones is 1. The van der Waals surface area contributed by atoms with Gasteiger partial charge in [0.2, 0.25) is 0 Å². The zero-order chi connectivity index (χ0) is 20.3. The first-order valence-corrected chi connectivity index (χ1v) is 10.0. The third-order valence-electron chi connectivity index (χ3n) is 6.17. The third-order valence-corrected chi connectivity index (χ3v) is 6.17. The van der Waals surface area contributed by atoms with Gasteiger partial charge in [-0.05, 0) is 30.7 Å². The number of hydrogen-bond acceptors (Lipinski definition) is 6. The average molecular weight is 394 g/mol. The van der Waals surface area contributed by atoms with Gasteiger partial charge in [0.15, 0.2) is 11.2 Å². The van der Waals surface area contributed by atoms with Crippen molar-refractivity contribution in [3.05, 3.63) is 66.0 Å². The number of aliphatic carboxylic acids is 1. The van der Waals surface area contributed by atoms with Crippen LogP contribution in [0.2, 0.25) is 0 Å². The number of Topliss-reactive ketones (excluding diaryl/α,β-unsaturated/α-hetero) is 1. The molecule has 2 aliphatic heterocycles. The fourth-order valence-corrected chi connectivity index (χ4v) is 4.72. The Morgan fingerprint density at radius 1 is 1.07 bits per heavy atom. The topological polar surface area (TPSA) is 94.6 Å². The highest BCUT2D eigenvalue weighted by Crippen LogP contribution is 2.39. The number of aromatic nitrogens is 1. The van der Waals surface area contributed by atoms with Crippen molar-refractivity contribution < 1.29 is 14.7 Å². The molecule has 7 nitrogen and oxygen atoms in total. The maximum Gasteiger partial charge on any atom is 0.320 e. The SMILES string of the molecule is O=C(O)C1(C(=O)c2ccccc2)CNCCC1N1CCNCC1c1ccncc1. The minimum Gasteiger partial charge on any atom is -0.480 e. The van der Waals surface area contributed by atoms with Crippen LogP contribution in [0.3, 0.4) is 0 Å². The number of pyridine rings is 1. The molecule has 2 aliphatic rings. The van der Waals surface area contributed by atoms with E-state index >= 15 is 0 Å². The van der Waals surface area contributed by atoms with Crippen molar-refractivity contribution in [2.75, 3.05) is 32.7 Å². The first-order chi connectivity index (χ1) is 14.1. The normalized spacial score (nSPS) is 28.0. The van der Waals surface area contributed by atoms with Gasteiger partial charge in [-0.25, -0.2) is 0 Å². The van der Waals surface area contributed by atoms with Crippen LogP contribution in [0, 0.1) is 5.41 Å². The minimum absolute atomic E-state index is 0.00264. The summed E-state index contributed by atoms with van der Waals surface area (Å²) in [6.07, 6.45) is 4.11. The van der Waals surface area contributed by atoms with Crippen molar-refractivity contribution >= 4 is 11.8 Å². The fraction of sp³-hybridized carbons (Fsp3) is 0.409. The molecule has 2 aromatic rings. The molecule has 3 heterocycles. The van der Waals surface area contributed by atoms with Gasteiger partial charge in [-0.3, -0.25) is 19.5 Å². The lowest BCUT2D eigenvalue weighted by molar-refractivity contribution is -0.152. The van der Waals surface area contributed by atoms with Gasteiger partial charge >= 0.3 is 5.97 Å². The Kier molecular flexibility index (Phi) is 5.71. The molecule has 0 saturated carbocycles. The second-order valence-electron chi connectivity index (χ2n) is 7.69. The smallest absolute Gasteiger partial charge is 0.320 e. The van der Waals surface area contributed by atoms with E-state index in [0.717, 1.165) is 12.1 Å². The molecule has 4 rings (SSSR count). The molecule has 0 radical (unpaired) electrons. The van der Waals surface area contributed by atoms with Crippen molar-refractivity contribution in [1.82, 2.24) is 20.5 Å². The number of rotatable bonds is 5. The number of nitrogens with one attached hydrogen (secondary N) is 2. The predicted molar refractivity (Wildman–Crippen MR) is 109 cm³/mol. The maximum atomic E-state index is 13.6. The van der Waals surface area contributed by atoms with E-state index in [-0.39, 0.29) is 18.4 Å². The van der Waals surface area contributed by atoms with Crippen molar-refractivity contribution in [2.24, 2.45) is 5.41 Å². The summed E-state index contributed by atoms with van der Waals surface area (Å²) < 4.78 is 0. The van der Waals surface area contributed by atoms with Crippen molar-refractivity contribution in [3.8, 4) is 0 Å². The van der Waals surface area contributed by atoms with Crippen LogP contribution >= 0.6 is 0 Å². The standard InChI is InChI=1S/C22H26N4O3/c27-20(17-4-2-1-3-5-17)22(21(28)29)15-25-11-8-19(22)26-13-12-24-14-18(26)16-6-9-23-10-7-16/h1-7,9-10,18-19,24-25H,8,11-15H2,(H,28,29). The number of carbonyl (C=O) groups is 2. The molecule has 0 spiro atoms. The van der Waals surface area contributed by atoms with Gasteiger partial charge in [0.25, 0.3) is 0 Å². The summed E-state index contributed by atoms with van der Waals surface area (Å²) in [6.45, 7) is 2.99. The molecule has 0 bridgehead atoms. The lowest BCUT2D eigenvalue weighted by atomic mass is 9.69. The Labute approximate surface area is 170 Å². The van der Waals surface area contributed by atoms with E-state index < -0.39 is 17.4 Å². The van der Waals surface area contributed by atoms with E-state index in [4.69, 9.17) is 0 Å². The molecular formula is C22H26N4O3. The van der Waals surface area contributed by atoms with Gasteiger partial charge in [-0.1, -0.05) is 30.3 Å². The summed E-state index contributed by atoms with van der Waals surface area (Å²) in [5.41, 5.74) is -0.00115. The molecule has 0 amide bonds. The first-order valence-electron chi connectivity index (χ1n) is 10.0. The summed E-state index contributed by atoms with van der Waals surface area (Å²) in [5, 5.41) is 17.0. The molecule has 1 aromatic heterocycles. The van der Waals surface area contributed by atoms with E-state index in [9.17, 15) is 14.7 Å². The van der Waals surface area contributed by atoms with Crippen LogP contribution in [0.25, 0.3) is 0 Å². The monoisotopic (exact) mass is 394 g/mol. The van der Waals surface area contributed by atoms with Crippen LogP contribution < -0.4 is 10.6 Å². The van der Waals surface area contributed by atoms with Gasteiger partial charge in [0.05, 0.1) is 0 Å². The maximum absolute atomic E-state index is 13.6. The van der Waals surface area contributed by atoms with Gasteiger partial charge in [-0.15, -0.1) is 0 Å². The summed E-state index contributed by atoms with van der Waals surface area (Å²) in [5.74, 6) is -1.38. The van der Waals surface area contributed by atoms with E-state index in [0.29, 0.717) is 31.6 Å². The second-order valence-corrected chi connectivity index (χ2v) is 7.69. The van der Waals surface area contributed by atoms with Crippen LogP contribution in [-0.4, -0.2) is 65.5 Å². The number of piperidine rings is 1. The number of carboxylic acid groups (broad SMARTS) is 1. The van der Waals surface area contributed by atoms with E-state index in [1.54, 1.807) is 36.7 Å². The Balaban J connectivity index is 1.76. The largest absolute Gasteiger partial charge is 0.480 e. The van der Waals surface area contributed by atoms with Crippen LogP contribution in [-0.2, 0) is 4.79 Å². The third kappa shape index (κ3) is 3.57. The number of hydrogen-bond donors (Lipinski definition) is 3. The molecular weight excluding hydrogens is 368 g/mol. The number of piperazine rings is 1. The number of benzene rings is 1. The summed E-state index contributed by atoms with van der Waals surface area (Å²) in [6, 6.07) is 12.3. The van der Waals surface area contributed by atoms with Gasteiger partial charge < -0.3 is 15.7 Å². The molecule has 3 N–H and O–H groups in total. The highest BCUT2D eigenvalue weighted by molar-refractivity contribution is 6.13. The summed E-state index contributed by atoms with van der Waals surface area (Å²) in [4.78, 5) is 32.6. The molecule has 7 heteroatoms. The molecule has 2 saturated heterocycles. The highest BCUT2D eigenvalue weighted by atomic mass is 16.4. The predicted octanol–water partition coefficient (Wildman–Crippen LogP) is 1.34. The molecule has 2 fully saturated rings. The average Bonchev–Trinajstić information content (AvgIpc) is 2.79. The quantitative estimate of drug-likeness (QED) is 0.520. The molecule has 1 aromatic carbocycles. The highest BCUT2D eigenvalue weighted by Gasteiger charge is 2.56. The van der Waals surface area contributed by atoms with Crippen LogP contribution in [0.1, 0.15) is 28.4 Å². The number of carboxylic acids is 1. The lowest BCUT2D eigenvalue weighted by Gasteiger charge is -2.50. The van der Waals surface area contributed by atoms with Crippen molar-refractivity contribution in [3.63, 3.8) is 0 Å². The Bertz CT molecular complexity index is 861.